The molecule has 0 aliphatic rings. The van der Waals surface area contributed by atoms with E-state index < -0.39 is 8.32 Å². The van der Waals surface area contributed by atoms with Gasteiger partial charge in [-0.25, -0.2) is 24.7 Å². The molecule has 3 aromatic heterocycles. The van der Waals surface area contributed by atoms with Crippen molar-refractivity contribution >= 4 is 25.1 Å². The summed E-state index contributed by atoms with van der Waals surface area (Å²) >= 11 is 0. The second-order valence-electron chi connectivity index (χ2n) is 10.1. The summed E-state index contributed by atoms with van der Waals surface area (Å²) in [5.41, 5.74) is 2.72. The zero-order valence-electron chi connectivity index (χ0n) is 21.8. The lowest BCUT2D eigenvalue weighted by atomic mass is 10.1. The van der Waals surface area contributed by atoms with Crippen molar-refractivity contribution in [2.45, 2.75) is 45.5 Å². The van der Waals surface area contributed by atoms with Crippen molar-refractivity contribution in [2.24, 2.45) is 0 Å². The quantitative estimate of drug-likeness (QED) is 0.257. The van der Waals surface area contributed by atoms with E-state index in [9.17, 15) is 4.79 Å². The molecule has 4 rings (SSSR count). The van der Waals surface area contributed by atoms with E-state index >= 15 is 0 Å². The van der Waals surface area contributed by atoms with Gasteiger partial charge in [0.25, 0.3) is 5.91 Å². The number of carbonyl (C=O) groups is 1. The average Bonchev–Trinajstić information content (AvgIpc) is 3.29. The molecule has 0 saturated heterocycles. The van der Waals surface area contributed by atoms with Crippen LogP contribution in [0.15, 0.2) is 54.9 Å². The smallest absolute Gasteiger partial charge is 0.295 e. The van der Waals surface area contributed by atoms with Crippen LogP contribution in [0.2, 0.25) is 18.1 Å². The van der Waals surface area contributed by atoms with Crippen molar-refractivity contribution in [2.75, 3.05) is 14.2 Å². The lowest BCUT2D eigenvalue weighted by Gasteiger charge is -2.36. The van der Waals surface area contributed by atoms with Gasteiger partial charge in [-0.1, -0.05) is 39.0 Å². The highest BCUT2D eigenvalue weighted by Crippen LogP contribution is 2.37. The zero-order chi connectivity index (χ0) is 26.1. The fraction of sp³-hybridized carbons (Fsp3) is 0.346. The number of pyridine rings is 1. The Kier molecular flexibility index (Phi) is 7.03. The summed E-state index contributed by atoms with van der Waals surface area (Å²) in [5.74, 6) is 0.780. The Hall–Kier alpha value is -3.47. The Balaban J connectivity index is 1.65. The molecule has 0 atom stereocenters. The molecule has 1 amide bonds. The lowest BCUT2D eigenvalue weighted by Crippen LogP contribution is -2.40. The van der Waals surface area contributed by atoms with Gasteiger partial charge in [-0.3, -0.25) is 9.63 Å². The van der Waals surface area contributed by atoms with E-state index in [4.69, 9.17) is 14.2 Å². The molecule has 3 heterocycles. The number of hydrogen-bond acceptors (Lipinski definition) is 7. The lowest BCUT2D eigenvalue weighted by molar-refractivity contribution is -0.0760. The summed E-state index contributed by atoms with van der Waals surface area (Å²) in [7, 11) is 1.07. The molecule has 9 nitrogen and oxygen atoms in total. The fourth-order valence-electron chi connectivity index (χ4n) is 3.34. The zero-order valence-corrected chi connectivity index (χ0v) is 22.8. The molecule has 0 fully saturated rings. The van der Waals surface area contributed by atoms with Crippen LogP contribution < -0.4 is 0 Å². The van der Waals surface area contributed by atoms with Crippen molar-refractivity contribution in [3.8, 4) is 17.2 Å². The Bertz CT molecular complexity index is 1400. The number of aromatic nitrogens is 5. The minimum atomic E-state index is -1.89. The van der Waals surface area contributed by atoms with Crippen molar-refractivity contribution < 1.29 is 14.1 Å². The van der Waals surface area contributed by atoms with Crippen molar-refractivity contribution in [3.05, 3.63) is 66.2 Å². The standard InChI is InChI=1S/C26H32N6O3Si/c1-26(2,3)36(6,7)35-17-20-9-8-10-23(29-20)32-22-15-18(11-12-19(22)16-28-32)24-27-14-13-21(30-24)25(33)31(4)34-5/h8-16H,17H2,1-7H3. The highest BCUT2D eigenvalue weighted by atomic mass is 28.4. The third-order valence-corrected chi connectivity index (χ3v) is 11.1. The summed E-state index contributed by atoms with van der Waals surface area (Å²) in [6.07, 6.45) is 3.36. The number of hydroxylamine groups is 2. The molecule has 0 N–H and O–H groups in total. The first-order valence-corrected chi connectivity index (χ1v) is 14.6. The number of nitrogens with zero attached hydrogens (tertiary/aromatic N) is 6. The first-order chi connectivity index (χ1) is 17.0. The van der Waals surface area contributed by atoms with E-state index in [0.717, 1.165) is 27.2 Å². The van der Waals surface area contributed by atoms with E-state index in [1.54, 1.807) is 23.1 Å². The molecule has 0 spiro atoms. The van der Waals surface area contributed by atoms with Crippen LogP contribution in [0, 0.1) is 0 Å². The van der Waals surface area contributed by atoms with Gasteiger partial charge in [-0.15, -0.1) is 0 Å². The predicted molar refractivity (Wildman–Crippen MR) is 141 cm³/mol. The molecule has 0 radical (unpaired) electrons. The van der Waals surface area contributed by atoms with Gasteiger partial charge in [0.2, 0.25) is 0 Å². The molecule has 0 saturated carbocycles. The third-order valence-electron chi connectivity index (χ3n) is 6.66. The van der Waals surface area contributed by atoms with Crippen LogP contribution in [0.25, 0.3) is 28.1 Å². The van der Waals surface area contributed by atoms with E-state index in [0.29, 0.717) is 18.2 Å². The monoisotopic (exact) mass is 504 g/mol. The fourth-order valence-corrected chi connectivity index (χ4v) is 4.28. The van der Waals surface area contributed by atoms with E-state index in [-0.39, 0.29) is 16.6 Å². The van der Waals surface area contributed by atoms with Crippen LogP contribution in [0.3, 0.4) is 0 Å². The van der Waals surface area contributed by atoms with Crippen LogP contribution in [-0.2, 0) is 15.9 Å². The first kappa shape index (κ1) is 25.6. The SMILES string of the molecule is CON(C)C(=O)c1ccnc(-c2ccc3cnn(-c4cccc(CO[Si](C)(C)C(C)(C)C)n4)c3c2)n1. The number of amides is 1. The molecule has 0 unspecified atom stereocenters. The molecular formula is C26H32N6O3Si. The minimum Gasteiger partial charge on any atom is -0.411 e. The van der Waals surface area contributed by atoms with Crippen LogP contribution in [0.5, 0.6) is 0 Å². The van der Waals surface area contributed by atoms with Gasteiger partial charge in [-0.2, -0.15) is 5.10 Å². The largest absolute Gasteiger partial charge is 0.411 e. The minimum absolute atomic E-state index is 0.127. The van der Waals surface area contributed by atoms with E-state index in [1.807, 2.05) is 36.4 Å². The Labute approximate surface area is 212 Å². The predicted octanol–water partition coefficient (Wildman–Crippen LogP) is 5.03. The van der Waals surface area contributed by atoms with Crippen LogP contribution in [0.1, 0.15) is 37.0 Å². The van der Waals surface area contributed by atoms with E-state index in [2.05, 4.69) is 48.9 Å². The Morgan fingerprint density at radius 2 is 1.89 bits per heavy atom. The maximum absolute atomic E-state index is 12.5. The summed E-state index contributed by atoms with van der Waals surface area (Å²) < 4.78 is 8.16. The van der Waals surface area contributed by atoms with Gasteiger partial charge < -0.3 is 4.43 Å². The average molecular weight is 505 g/mol. The molecule has 188 valence electrons. The maximum Gasteiger partial charge on any atom is 0.295 e. The third kappa shape index (κ3) is 5.20. The van der Waals surface area contributed by atoms with Gasteiger partial charge in [0.1, 0.15) is 5.69 Å². The van der Waals surface area contributed by atoms with Gasteiger partial charge >= 0.3 is 0 Å². The Morgan fingerprint density at radius 3 is 2.61 bits per heavy atom. The van der Waals surface area contributed by atoms with Crippen LogP contribution >= 0.6 is 0 Å². The Morgan fingerprint density at radius 1 is 1.11 bits per heavy atom. The van der Waals surface area contributed by atoms with Crippen LogP contribution in [-0.4, -0.2) is 58.2 Å². The van der Waals surface area contributed by atoms with Gasteiger partial charge in [-0.05, 0) is 42.4 Å². The molecular weight excluding hydrogens is 472 g/mol. The number of benzene rings is 1. The second kappa shape index (κ2) is 9.88. The van der Waals surface area contributed by atoms with E-state index in [1.165, 1.54) is 14.2 Å². The molecule has 0 aliphatic heterocycles. The van der Waals surface area contributed by atoms with Crippen molar-refractivity contribution in [3.63, 3.8) is 0 Å². The number of rotatable bonds is 7. The molecule has 1 aromatic carbocycles. The normalized spacial score (nSPS) is 12.2. The highest BCUT2D eigenvalue weighted by molar-refractivity contribution is 6.74. The maximum atomic E-state index is 12.5. The van der Waals surface area contributed by atoms with Gasteiger partial charge in [0.05, 0.1) is 31.1 Å². The topological polar surface area (TPSA) is 95.3 Å². The summed E-state index contributed by atoms with van der Waals surface area (Å²) in [4.78, 5) is 31.1. The van der Waals surface area contributed by atoms with Crippen molar-refractivity contribution in [1.82, 2.24) is 29.8 Å². The molecule has 4 aromatic rings. The van der Waals surface area contributed by atoms with Crippen molar-refractivity contribution in [1.29, 1.82) is 0 Å². The highest BCUT2D eigenvalue weighted by Gasteiger charge is 2.37. The number of hydrogen-bond donors (Lipinski definition) is 0. The summed E-state index contributed by atoms with van der Waals surface area (Å²) in [6.45, 7) is 11.6. The molecule has 0 bridgehead atoms. The molecule has 0 aliphatic carbocycles. The summed E-state index contributed by atoms with van der Waals surface area (Å²) in [6, 6.07) is 13.2. The van der Waals surface area contributed by atoms with Gasteiger partial charge in [0, 0.05) is 24.2 Å². The first-order valence-electron chi connectivity index (χ1n) is 11.7. The number of fused-ring (bicyclic) bond motifs is 1. The van der Waals surface area contributed by atoms with Crippen LogP contribution in [0.4, 0.5) is 0 Å². The van der Waals surface area contributed by atoms with Gasteiger partial charge in [0.15, 0.2) is 20.0 Å². The number of carbonyl (C=O) groups excluding carboxylic acids is 1. The molecule has 10 heteroatoms. The second-order valence-corrected chi connectivity index (χ2v) is 14.9. The molecule has 36 heavy (non-hydrogen) atoms. The summed E-state index contributed by atoms with van der Waals surface area (Å²) in [5, 5.41) is 6.78.